The summed E-state index contributed by atoms with van der Waals surface area (Å²) in [5.41, 5.74) is -0.647. The van der Waals surface area contributed by atoms with Crippen molar-refractivity contribution in [3.8, 4) is 11.5 Å². The van der Waals surface area contributed by atoms with Crippen LogP contribution < -0.4 is 9.47 Å². The summed E-state index contributed by atoms with van der Waals surface area (Å²) in [5, 5.41) is 7.87. The van der Waals surface area contributed by atoms with E-state index in [1.54, 1.807) is 47.6 Å². The molecule has 43 heavy (non-hydrogen) atoms. The van der Waals surface area contributed by atoms with Crippen LogP contribution in [0.5, 0.6) is 11.5 Å². The molecule has 0 saturated heterocycles. The summed E-state index contributed by atoms with van der Waals surface area (Å²) in [5.74, 6) is -0.962. The van der Waals surface area contributed by atoms with Crippen LogP contribution in [0.3, 0.4) is 0 Å². The zero-order valence-corrected chi connectivity index (χ0v) is 25.2. The molecule has 0 fully saturated rings. The first kappa shape index (κ1) is 31.6. The van der Waals surface area contributed by atoms with Crippen molar-refractivity contribution < 1.29 is 56.1 Å². The SMILES string of the molecule is CC(C)(C)OC(=O)Oc1ccc2c(c1)OC1=CC(OC(=O)OC(C)(C)C)C=CC1=C2C1=CC=C(C(=O)O)CC1S(=O)(=O)O. The molecule has 2 atom stereocenters. The lowest BCUT2D eigenvalue weighted by Crippen LogP contribution is -2.30. The predicted molar refractivity (Wildman–Crippen MR) is 153 cm³/mol. The third-order valence-electron chi connectivity index (χ3n) is 6.10. The highest BCUT2D eigenvalue weighted by molar-refractivity contribution is 7.86. The number of allylic oxidation sites excluding steroid dienone is 4. The van der Waals surface area contributed by atoms with Gasteiger partial charge in [0.2, 0.25) is 0 Å². The van der Waals surface area contributed by atoms with Gasteiger partial charge < -0.3 is 28.8 Å². The van der Waals surface area contributed by atoms with Gasteiger partial charge in [0.1, 0.15) is 39.8 Å². The number of aliphatic carboxylic acids is 1. The Kier molecular flexibility index (Phi) is 8.35. The number of ether oxygens (including phenoxy) is 5. The van der Waals surface area contributed by atoms with E-state index in [9.17, 15) is 32.5 Å². The Morgan fingerprint density at radius 3 is 2.23 bits per heavy atom. The van der Waals surface area contributed by atoms with Crippen molar-refractivity contribution in [1.82, 2.24) is 0 Å². The van der Waals surface area contributed by atoms with Crippen molar-refractivity contribution in [2.75, 3.05) is 0 Å². The van der Waals surface area contributed by atoms with Crippen LogP contribution in [0.2, 0.25) is 0 Å². The van der Waals surface area contributed by atoms with Crippen LogP contribution in [0.4, 0.5) is 9.59 Å². The fourth-order valence-corrected chi connectivity index (χ4v) is 5.37. The first-order valence-electron chi connectivity index (χ1n) is 13.2. The van der Waals surface area contributed by atoms with Crippen molar-refractivity contribution >= 4 is 34.0 Å². The van der Waals surface area contributed by atoms with E-state index in [2.05, 4.69) is 0 Å². The average molecular weight is 617 g/mol. The van der Waals surface area contributed by atoms with Gasteiger partial charge in [-0.25, -0.2) is 14.4 Å². The second-order valence-corrected chi connectivity index (χ2v) is 13.5. The molecule has 230 valence electrons. The molecule has 13 heteroatoms. The van der Waals surface area contributed by atoms with Gasteiger partial charge in [0, 0.05) is 40.8 Å². The lowest BCUT2D eigenvalue weighted by Gasteiger charge is -2.32. The van der Waals surface area contributed by atoms with Crippen LogP contribution in [-0.4, -0.2) is 58.9 Å². The number of hydrogen-bond donors (Lipinski definition) is 2. The maximum Gasteiger partial charge on any atom is 0.514 e. The van der Waals surface area contributed by atoms with E-state index in [-0.39, 0.29) is 28.4 Å². The standard InChI is InChI=1S/C30H32O12S/c1-29(2,3)41-27(33)38-17-8-11-19-22(14-17)40-23-15-18(39-28(34)42-30(4,5)6)9-12-20(23)25(19)21-10-7-16(26(31)32)13-24(21)43(35,36)37/h7-12,14-15,17,24H,13H2,1-6H3,(H,31,32)(H,35,36,37). The molecule has 4 rings (SSSR count). The molecule has 0 bridgehead atoms. The van der Waals surface area contributed by atoms with Crippen LogP contribution >= 0.6 is 0 Å². The maximum atomic E-state index is 12.5. The minimum atomic E-state index is -4.78. The van der Waals surface area contributed by atoms with Crippen molar-refractivity contribution in [1.29, 1.82) is 0 Å². The van der Waals surface area contributed by atoms with Crippen LogP contribution in [-0.2, 0) is 29.1 Å². The number of fused-ring (bicyclic) bond motifs is 2. The van der Waals surface area contributed by atoms with Gasteiger partial charge in [-0.3, -0.25) is 4.55 Å². The minimum absolute atomic E-state index is 0.0568. The molecule has 2 unspecified atom stereocenters. The molecule has 1 aliphatic heterocycles. The molecule has 0 spiro atoms. The molecule has 1 aromatic rings. The Balaban J connectivity index is 1.82. The van der Waals surface area contributed by atoms with Gasteiger partial charge in [0.05, 0.1) is 0 Å². The summed E-state index contributed by atoms with van der Waals surface area (Å²) in [7, 11) is -4.78. The lowest BCUT2D eigenvalue weighted by molar-refractivity contribution is -0.132. The number of rotatable bonds is 5. The quantitative estimate of drug-likeness (QED) is 0.241. The molecular weight excluding hydrogens is 584 g/mol. The van der Waals surface area contributed by atoms with E-state index >= 15 is 0 Å². The van der Waals surface area contributed by atoms with Gasteiger partial charge in [-0.15, -0.1) is 0 Å². The van der Waals surface area contributed by atoms with Crippen molar-refractivity contribution in [2.45, 2.75) is 70.5 Å². The molecule has 1 aromatic carbocycles. The first-order valence-corrected chi connectivity index (χ1v) is 14.7. The zero-order valence-electron chi connectivity index (χ0n) is 24.4. The molecule has 3 aliphatic rings. The zero-order chi connectivity index (χ0) is 31.9. The number of carboxylic acid groups (broad SMARTS) is 1. The lowest BCUT2D eigenvalue weighted by atomic mass is 9.82. The molecule has 12 nitrogen and oxygen atoms in total. The molecule has 2 aliphatic carbocycles. The number of benzene rings is 1. The molecule has 0 amide bonds. The van der Waals surface area contributed by atoms with Crippen LogP contribution in [0.15, 0.2) is 71.1 Å². The largest absolute Gasteiger partial charge is 0.514 e. The van der Waals surface area contributed by atoms with Crippen LogP contribution in [0, 0.1) is 0 Å². The fraction of sp³-hybridized carbons (Fsp3) is 0.367. The van der Waals surface area contributed by atoms with E-state index in [1.165, 1.54) is 42.5 Å². The summed E-state index contributed by atoms with van der Waals surface area (Å²) in [6.45, 7) is 10.1. The topological polar surface area (TPSA) is 172 Å². The smallest absolute Gasteiger partial charge is 0.478 e. The third kappa shape index (κ3) is 7.73. The van der Waals surface area contributed by atoms with Crippen LogP contribution in [0.1, 0.15) is 53.5 Å². The number of hydrogen-bond acceptors (Lipinski definition) is 10. The average Bonchev–Trinajstić information content (AvgIpc) is 2.84. The monoisotopic (exact) mass is 616 g/mol. The van der Waals surface area contributed by atoms with Crippen LogP contribution in [0.25, 0.3) is 5.57 Å². The van der Waals surface area contributed by atoms with Gasteiger partial charge in [0.15, 0.2) is 0 Å². The van der Waals surface area contributed by atoms with E-state index in [1.807, 2.05) is 0 Å². The summed E-state index contributed by atoms with van der Waals surface area (Å²) in [6, 6.07) is 4.37. The second kappa shape index (κ2) is 11.4. The summed E-state index contributed by atoms with van der Waals surface area (Å²) in [6.07, 6.45) is 3.85. The normalized spacial score (nSPS) is 19.9. The predicted octanol–water partition coefficient (Wildman–Crippen LogP) is 5.52. The van der Waals surface area contributed by atoms with E-state index in [4.69, 9.17) is 23.7 Å². The Morgan fingerprint density at radius 1 is 0.977 bits per heavy atom. The molecule has 0 saturated carbocycles. The summed E-state index contributed by atoms with van der Waals surface area (Å²) < 4.78 is 62.4. The molecule has 1 heterocycles. The number of carboxylic acids is 1. The summed E-state index contributed by atoms with van der Waals surface area (Å²) in [4.78, 5) is 36.2. The number of carbonyl (C=O) groups is 3. The van der Waals surface area contributed by atoms with E-state index < -0.39 is 57.4 Å². The van der Waals surface area contributed by atoms with Crippen molar-refractivity contribution in [3.63, 3.8) is 0 Å². The second-order valence-electron chi connectivity index (χ2n) is 11.9. The number of carbonyl (C=O) groups excluding carboxylic acids is 2. The molecular formula is C30H32O12S. The Morgan fingerprint density at radius 2 is 1.63 bits per heavy atom. The van der Waals surface area contributed by atoms with Gasteiger partial charge in [0.25, 0.3) is 10.1 Å². The third-order valence-corrected chi connectivity index (χ3v) is 7.24. The van der Waals surface area contributed by atoms with Crippen molar-refractivity contribution in [2.24, 2.45) is 0 Å². The van der Waals surface area contributed by atoms with E-state index in [0.717, 1.165) is 0 Å². The van der Waals surface area contributed by atoms with Gasteiger partial charge >= 0.3 is 18.3 Å². The van der Waals surface area contributed by atoms with Gasteiger partial charge in [-0.05, 0) is 65.3 Å². The van der Waals surface area contributed by atoms with Gasteiger partial charge in [-0.1, -0.05) is 18.2 Å². The summed E-state index contributed by atoms with van der Waals surface area (Å²) >= 11 is 0. The first-order chi connectivity index (χ1) is 19.8. The highest BCUT2D eigenvalue weighted by atomic mass is 32.2. The Hall–Kier alpha value is -4.36. The highest BCUT2D eigenvalue weighted by Crippen LogP contribution is 2.47. The van der Waals surface area contributed by atoms with E-state index in [0.29, 0.717) is 16.7 Å². The maximum absolute atomic E-state index is 12.5. The molecule has 0 radical (unpaired) electrons. The van der Waals surface area contributed by atoms with Crippen molar-refractivity contribution in [3.05, 3.63) is 76.6 Å². The Bertz CT molecular complexity index is 1630. The fourth-order valence-electron chi connectivity index (χ4n) is 4.46. The molecule has 0 aromatic heterocycles. The minimum Gasteiger partial charge on any atom is -0.478 e. The van der Waals surface area contributed by atoms with Gasteiger partial charge in [-0.2, -0.15) is 8.42 Å². The molecule has 2 N–H and O–H groups in total. The highest BCUT2D eigenvalue weighted by Gasteiger charge is 2.39. The Labute approximate surface area is 248 Å².